The van der Waals surface area contributed by atoms with Gasteiger partial charge in [0.2, 0.25) is 0 Å². The zero-order chi connectivity index (χ0) is 12.8. The highest BCUT2D eigenvalue weighted by Crippen LogP contribution is 2.35. The van der Waals surface area contributed by atoms with Crippen molar-refractivity contribution in [3.8, 4) is 0 Å². The van der Waals surface area contributed by atoms with Gasteiger partial charge in [-0.3, -0.25) is 0 Å². The maximum absolute atomic E-state index is 6.29. The van der Waals surface area contributed by atoms with Crippen LogP contribution in [-0.4, -0.2) is 22.6 Å². The molecule has 0 unspecified atom stereocenters. The molecule has 4 heteroatoms. The lowest BCUT2D eigenvalue weighted by Gasteiger charge is -2.33. The molecule has 0 saturated carbocycles. The molecular formula is C14H18ClN3. The summed E-state index contributed by atoms with van der Waals surface area (Å²) < 4.78 is 2.17. The van der Waals surface area contributed by atoms with Crippen molar-refractivity contribution >= 4 is 22.6 Å². The number of imidazole rings is 1. The Bertz CT molecular complexity index is 582. The Kier molecular flexibility index (Phi) is 2.83. The van der Waals surface area contributed by atoms with E-state index in [0.717, 1.165) is 47.8 Å². The summed E-state index contributed by atoms with van der Waals surface area (Å²) in [5.74, 6) is 1.16. The predicted octanol–water partition coefficient (Wildman–Crippen LogP) is 2.87. The highest BCUT2D eigenvalue weighted by molar-refractivity contribution is 6.35. The Hall–Kier alpha value is -1.06. The van der Waals surface area contributed by atoms with Crippen LogP contribution in [-0.2, 0) is 12.5 Å². The predicted molar refractivity (Wildman–Crippen MR) is 75.2 cm³/mol. The Morgan fingerprint density at radius 2 is 2.06 bits per heavy atom. The fraction of sp³-hybridized carbons (Fsp3) is 0.500. The van der Waals surface area contributed by atoms with E-state index in [2.05, 4.69) is 23.9 Å². The second-order valence-electron chi connectivity index (χ2n) is 5.41. The lowest BCUT2D eigenvalue weighted by molar-refractivity contribution is 0.313. The third-order valence-corrected chi connectivity index (χ3v) is 4.40. The molecule has 0 amide bonds. The van der Waals surface area contributed by atoms with Crippen molar-refractivity contribution in [3.63, 3.8) is 0 Å². The molecule has 18 heavy (non-hydrogen) atoms. The van der Waals surface area contributed by atoms with Gasteiger partial charge in [0.25, 0.3) is 0 Å². The number of nitrogens with zero attached hydrogens (tertiary/aromatic N) is 2. The van der Waals surface area contributed by atoms with E-state index in [1.165, 1.54) is 0 Å². The fourth-order valence-electron chi connectivity index (χ4n) is 2.96. The van der Waals surface area contributed by atoms with E-state index in [0.29, 0.717) is 0 Å². The number of para-hydroxylation sites is 1. The molecule has 0 atom stereocenters. The first-order valence-corrected chi connectivity index (χ1v) is 6.82. The summed E-state index contributed by atoms with van der Waals surface area (Å²) in [6, 6.07) is 5.93. The minimum Gasteiger partial charge on any atom is -0.329 e. The van der Waals surface area contributed by atoms with Crippen LogP contribution < -0.4 is 5.32 Å². The van der Waals surface area contributed by atoms with Crippen LogP contribution in [0.25, 0.3) is 11.0 Å². The number of aryl methyl sites for hydroxylation is 1. The smallest absolute Gasteiger partial charge is 0.115 e. The summed E-state index contributed by atoms with van der Waals surface area (Å²) in [7, 11) is 2.07. The number of piperidine rings is 1. The van der Waals surface area contributed by atoms with Crippen LogP contribution in [0.4, 0.5) is 0 Å². The average molecular weight is 264 g/mol. The van der Waals surface area contributed by atoms with Crippen molar-refractivity contribution < 1.29 is 0 Å². The number of benzene rings is 1. The van der Waals surface area contributed by atoms with Crippen molar-refractivity contribution in [2.45, 2.75) is 25.2 Å². The van der Waals surface area contributed by atoms with Crippen molar-refractivity contribution in [2.75, 3.05) is 13.1 Å². The number of hydrogen-bond donors (Lipinski definition) is 1. The molecule has 1 aliphatic heterocycles. The van der Waals surface area contributed by atoms with E-state index < -0.39 is 0 Å². The average Bonchev–Trinajstić information content (AvgIpc) is 2.70. The Labute approximate surface area is 112 Å². The molecule has 3 rings (SSSR count). The molecule has 2 aromatic rings. The first kappa shape index (κ1) is 12.0. The maximum atomic E-state index is 6.29. The van der Waals surface area contributed by atoms with Crippen LogP contribution in [0.2, 0.25) is 5.02 Å². The molecular weight excluding hydrogens is 246 g/mol. The molecule has 1 N–H and O–H groups in total. The molecule has 1 aromatic carbocycles. The summed E-state index contributed by atoms with van der Waals surface area (Å²) in [5.41, 5.74) is 2.20. The molecule has 96 valence electrons. The van der Waals surface area contributed by atoms with Crippen LogP contribution >= 0.6 is 11.6 Å². The summed E-state index contributed by atoms with van der Waals surface area (Å²) in [6.07, 6.45) is 2.25. The van der Waals surface area contributed by atoms with Crippen molar-refractivity contribution in [1.82, 2.24) is 14.9 Å². The monoisotopic (exact) mass is 263 g/mol. The van der Waals surface area contributed by atoms with Gasteiger partial charge in [0.1, 0.15) is 5.82 Å². The van der Waals surface area contributed by atoms with E-state index in [9.17, 15) is 0 Å². The molecule has 1 saturated heterocycles. The van der Waals surface area contributed by atoms with Crippen molar-refractivity contribution in [3.05, 3.63) is 29.0 Å². The lowest BCUT2D eigenvalue weighted by atomic mass is 9.80. The minimum atomic E-state index is 0.155. The number of halogens is 1. The van der Waals surface area contributed by atoms with Crippen LogP contribution in [0.15, 0.2) is 18.2 Å². The van der Waals surface area contributed by atoms with E-state index in [1.54, 1.807) is 0 Å². The SMILES string of the molecule is Cn1c(C2(C)CCNCC2)nc2cccc(Cl)c21. The molecule has 2 heterocycles. The molecule has 0 spiro atoms. The quantitative estimate of drug-likeness (QED) is 0.857. The van der Waals surface area contributed by atoms with Crippen molar-refractivity contribution in [2.24, 2.45) is 7.05 Å². The fourth-order valence-corrected chi connectivity index (χ4v) is 3.26. The molecule has 3 nitrogen and oxygen atoms in total. The van der Waals surface area contributed by atoms with Gasteiger partial charge in [-0.15, -0.1) is 0 Å². The normalized spacial score (nSPS) is 19.3. The highest BCUT2D eigenvalue weighted by Gasteiger charge is 2.33. The van der Waals surface area contributed by atoms with Gasteiger partial charge in [-0.05, 0) is 38.1 Å². The summed E-state index contributed by atoms with van der Waals surface area (Å²) in [5, 5.41) is 4.19. The van der Waals surface area contributed by atoms with Gasteiger partial charge in [-0.1, -0.05) is 24.6 Å². The first-order chi connectivity index (χ1) is 8.62. The van der Waals surface area contributed by atoms with E-state index in [-0.39, 0.29) is 5.41 Å². The van der Waals surface area contributed by atoms with E-state index >= 15 is 0 Å². The number of aromatic nitrogens is 2. The number of nitrogens with one attached hydrogen (secondary N) is 1. The van der Waals surface area contributed by atoms with Crippen LogP contribution in [0.1, 0.15) is 25.6 Å². The second kappa shape index (κ2) is 4.25. The molecule has 1 aliphatic rings. The second-order valence-corrected chi connectivity index (χ2v) is 5.82. The zero-order valence-corrected chi connectivity index (χ0v) is 11.6. The third-order valence-electron chi connectivity index (χ3n) is 4.09. The molecule has 0 aliphatic carbocycles. The van der Waals surface area contributed by atoms with Gasteiger partial charge in [-0.2, -0.15) is 0 Å². The molecule has 0 radical (unpaired) electrons. The maximum Gasteiger partial charge on any atom is 0.115 e. The van der Waals surface area contributed by atoms with Gasteiger partial charge in [0.05, 0.1) is 16.1 Å². The van der Waals surface area contributed by atoms with Crippen LogP contribution in [0.3, 0.4) is 0 Å². The highest BCUT2D eigenvalue weighted by atomic mass is 35.5. The zero-order valence-electron chi connectivity index (χ0n) is 10.8. The number of fused-ring (bicyclic) bond motifs is 1. The Morgan fingerprint density at radius 3 is 2.72 bits per heavy atom. The van der Waals surface area contributed by atoms with Gasteiger partial charge >= 0.3 is 0 Å². The van der Waals surface area contributed by atoms with E-state index in [1.807, 2.05) is 18.2 Å². The van der Waals surface area contributed by atoms with Crippen LogP contribution in [0.5, 0.6) is 0 Å². The first-order valence-electron chi connectivity index (χ1n) is 6.44. The summed E-state index contributed by atoms with van der Waals surface area (Å²) in [4.78, 5) is 4.82. The molecule has 1 aromatic heterocycles. The Balaban J connectivity index is 2.18. The van der Waals surface area contributed by atoms with Gasteiger partial charge in [0, 0.05) is 12.5 Å². The summed E-state index contributed by atoms with van der Waals surface area (Å²) in [6.45, 7) is 4.43. The Morgan fingerprint density at radius 1 is 1.33 bits per heavy atom. The van der Waals surface area contributed by atoms with E-state index in [4.69, 9.17) is 16.6 Å². The van der Waals surface area contributed by atoms with Gasteiger partial charge in [-0.25, -0.2) is 4.98 Å². The molecule has 1 fully saturated rings. The van der Waals surface area contributed by atoms with Gasteiger partial charge in [0.15, 0.2) is 0 Å². The molecule has 0 bridgehead atoms. The largest absolute Gasteiger partial charge is 0.329 e. The lowest BCUT2D eigenvalue weighted by Crippen LogP contribution is -2.39. The minimum absolute atomic E-state index is 0.155. The number of hydrogen-bond acceptors (Lipinski definition) is 2. The van der Waals surface area contributed by atoms with Gasteiger partial charge < -0.3 is 9.88 Å². The van der Waals surface area contributed by atoms with Crippen molar-refractivity contribution in [1.29, 1.82) is 0 Å². The third kappa shape index (κ3) is 1.73. The standard InChI is InChI=1S/C14H18ClN3/c1-14(6-8-16-9-7-14)13-17-11-5-3-4-10(15)12(11)18(13)2/h3-5,16H,6-9H2,1-2H3. The topological polar surface area (TPSA) is 29.9 Å². The number of rotatable bonds is 1. The summed E-state index contributed by atoms with van der Waals surface area (Å²) >= 11 is 6.29. The van der Waals surface area contributed by atoms with Crippen LogP contribution in [0, 0.1) is 0 Å².